The van der Waals surface area contributed by atoms with Gasteiger partial charge in [-0.2, -0.15) is 0 Å². The van der Waals surface area contributed by atoms with E-state index in [1.54, 1.807) is 67.2 Å². The van der Waals surface area contributed by atoms with Crippen molar-refractivity contribution in [2.45, 2.75) is 105 Å². The van der Waals surface area contributed by atoms with Gasteiger partial charge in [-0.05, 0) is 214 Å². The Kier molecular flexibility index (Phi) is 28.9. The van der Waals surface area contributed by atoms with Crippen molar-refractivity contribution in [3.63, 3.8) is 0 Å². The Labute approximate surface area is 770 Å². The number of nitrogens with two attached hydrogens (primary N) is 2. The molecular weight excluding hydrogens is 1780 g/mol. The van der Waals surface area contributed by atoms with Gasteiger partial charge in [-0.1, -0.05) is 127 Å². The predicted molar refractivity (Wildman–Crippen MR) is 488 cm³/mol. The van der Waals surface area contributed by atoms with Crippen molar-refractivity contribution in [3.8, 4) is 34.3 Å². The number of amides is 7. The number of rotatable bonds is 30. The SMILES string of the molecule is CCOC(=O)[C@@]1(Cc2ccc(OCc3cc(C)nc4ccccc34)c(F)c2)C[C@@H]1C(=O)NO.CN(C)C(=O)[C@@]1(Cc2ccc(OCc3cc(-c4ccccc4)nc4ccccc34)c(F)c2)C[C@@H]1C(=O)NO.Cc1cc(COc2ccc(C[C@]3(C(N)=O)C[C@@H]3C(=O)NO)cc2Br)c2ccccc2n1.Cc1cc(COc2ccc(C[C@]3(C(N)=O)C[C@@H]3C(=O)NO)cc2F)c2ccccc2n1. The number of aryl methyl sites for hydroxylation is 3. The molecule has 8 atom stereocenters. The minimum atomic E-state index is -1.12. The molecule has 0 radical (unpaired) electrons. The van der Waals surface area contributed by atoms with Crippen LogP contribution in [0.25, 0.3) is 54.9 Å². The number of hydroxylamine groups is 4. The molecule has 4 fully saturated rings. The van der Waals surface area contributed by atoms with E-state index in [4.69, 9.17) is 61.0 Å². The Hall–Kier alpha value is -14.3. The molecule has 686 valence electrons. The van der Waals surface area contributed by atoms with Crippen LogP contribution in [0.15, 0.2) is 229 Å². The second kappa shape index (κ2) is 40.6. The monoisotopic (exact) mass is 1870 g/mol. The average molecular weight is 1870 g/mol. The minimum Gasteiger partial charge on any atom is -0.488 e. The van der Waals surface area contributed by atoms with E-state index in [0.29, 0.717) is 41.9 Å². The fraction of sp³-hybridized carbons (Fsp3) is 0.267. The number of primary amides is 2. The molecule has 4 aromatic heterocycles. The van der Waals surface area contributed by atoms with Gasteiger partial charge in [0.15, 0.2) is 34.7 Å². The number of hydrogen-bond donors (Lipinski definition) is 10. The summed E-state index contributed by atoms with van der Waals surface area (Å²) in [7, 11) is 3.22. The summed E-state index contributed by atoms with van der Waals surface area (Å²) >= 11 is 3.53. The van der Waals surface area contributed by atoms with Gasteiger partial charge in [-0.15, -0.1) is 0 Å². The molecule has 0 saturated heterocycles. The molecule has 4 aliphatic carbocycles. The van der Waals surface area contributed by atoms with Crippen LogP contribution in [0.5, 0.6) is 23.0 Å². The lowest BCUT2D eigenvalue weighted by molar-refractivity contribution is -0.152. The Morgan fingerprint density at radius 3 is 1.05 bits per heavy atom. The van der Waals surface area contributed by atoms with E-state index >= 15 is 4.39 Å². The van der Waals surface area contributed by atoms with Gasteiger partial charge in [0.25, 0.3) is 0 Å². The quantitative estimate of drug-likeness (QED) is 0.0114. The Morgan fingerprint density at radius 2 is 0.699 bits per heavy atom. The zero-order valence-electron chi connectivity index (χ0n) is 73.4. The number of ether oxygens (including phenoxy) is 5. The third kappa shape index (κ3) is 21.2. The zero-order valence-corrected chi connectivity index (χ0v) is 74.9. The van der Waals surface area contributed by atoms with E-state index in [0.717, 1.165) is 104 Å². The van der Waals surface area contributed by atoms with Gasteiger partial charge in [-0.3, -0.25) is 74.1 Å². The molecule has 0 unspecified atom stereocenters. The summed E-state index contributed by atoms with van der Waals surface area (Å²) in [5.74, 6) is -7.97. The summed E-state index contributed by atoms with van der Waals surface area (Å²) in [6.07, 6.45) is 1.76. The van der Waals surface area contributed by atoms with Crippen molar-refractivity contribution in [1.29, 1.82) is 0 Å². The number of hydrogen-bond acceptors (Lipinski definition) is 21. The number of nitrogens with one attached hydrogen (secondary N) is 4. The third-order valence-electron chi connectivity index (χ3n) is 24.8. The highest BCUT2D eigenvalue weighted by Gasteiger charge is 2.66. The summed E-state index contributed by atoms with van der Waals surface area (Å²) in [6, 6.07) is 67.7. The number of carbonyl (C=O) groups excluding carboxylic acids is 8. The second-order valence-electron chi connectivity index (χ2n) is 34.0. The van der Waals surface area contributed by atoms with Gasteiger partial charge < -0.3 is 40.1 Å². The minimum absolute atomic E-state index is 0.0795. The number of esters is 1. The molecule has 9 aromatic carbocycles. The van der Waals surface area contributed by atoms with Gasteiger partial charge in [0.2, 0.25) is 41.4 Å². The molecule has 4 heterocycles. The van der Waals surface area contributed by atoms with Crippen molar-refractivity contribution >= 4 is 107 Å². The topological polar surface area (TPSA) is 419 Å². The molecule has 17 rings (SSSR count). The number of nitrogens with zero attached hydrogens (tertiary/aromatic N) is 5. The largest absolute Gasteiger partial charge is 0.488 e. The summed E-state index contributed by atoms with van der Waals surface area (Å²) in [5, 5.41) is 39.5. The van der Waals surface area contributed by atoms with E-state index < -0.39 is 104 Å². The molecule has 12 N–H and O–H groups in total. The molecular formula is C101H97BrF3N11O17. The smallest absolute Gasteiger partial charge is 0.313 e. The second-order valence-corrected chi connectivity index (χ2v) is 34.8. The lowest BCUT2D eigenvalue weighted by Crippen LogP contribution is -2.36. The number of carbonyl (C=O) groups is 8. The number of aromatic nitrogens is 4. The van der Waals surface area contributed by atoms with Crippen molar-refractivity contribution in [1.82, 2.24) is 46.8 Å². The highest BCUT2D eigenvalue weighted by Crippen LogP contribution is 2.59. The number of halogens is 4. The van der Waals surface area contributed by atoms with Crippen LogP contribution in [0.1, 0.15) is 94.2 Å². The van der Waals surface area contributed by atoms with Gasteiger partial charge in [-0.25, -0.2) is 40.1 Å². The van der Waals surface area contributed by atoms with E-state index in [2.05, 4.69) is 30.9 Å². The number of benzene rings is 9. The van der Waals surface area contributed by atoms with Crippen LogP contribution in [-0.4, -0.2) is 114 Å². The van der Waals surface area contributed by atoms with Crippen molar-refractivity contribution in [3.05, 3.63) is 308 Å². The van der Waals surface area contributed by atoms with Gasteiger partial charge in [0, 0.05) is 80.5 Å². The molecule has 0 aliphatic heterocycles. The van der Waals surface area contributed by atoms with Gasteiger partial charge in [0.05, 0.1) is 84.2 Å². The first-order valence-corrected chi connectivity index (χ1v) is 43.6. The highest BCUT2D eigenvalue weighted by atomic mass is 79.9. The van der Waals surface area contributed by atoms with Crippen LogP contribution in [0.4, 0.5) is 13.2 Å². The van der Waals surface area contributed by atoms with Gasteiger partial charge in [0.1, 0.15) is 32.2 Å². The zero-order chi connectivity index (χ0) is 94.8. The van der Waals surface area contributed by atoms with E-state index in [9.17, 15) is 47.1 Å². The first-order chi connectivity index (χ1) is 63.9. The van der Waals surface area contributed by atoms with Crippen molar-refractivity contribution in [2.24, 2.45) is 56.8 Å². The van der Waals surface area contributed by atoms with E-state index in [1.165, 1.54) is 35.2 Å². The average Bonchev–Trinajstić information content (AvgIpc) is 1.57. The standard InChI is InChI=1S/C30H28FN3O4.C25H25FN2O5.C23H22BrN3O4.C23H22FN3O4/c1-34(2)29(36)30(17-23(30)28(35)33-37)16-19-12-13-27(24(31)14-19)38-18-21-15-26(20-8-4-3-5-9-20)32-25-11-7-6-10-22(21)25;1-3-32-24(30)25(13-19(25)23(29)28-31)12-16-8-9-22(20(26)11-16)33-14-17-10-15(2)27-21-7-5-4-6-18(17)21;2*1-13-8-15(16-4-2-3-5-19(16)26-13)12-31-20-7-6-14(9-18(20)24)10-23(22(25)29)11-17(23)21(28)27-30/h3-15,23,37H,16-18H2,1-2H3,(H,33,35);4-11,19,31H,3,12-14H2,1-2H3,(H,28,29);2*2-9,17,30H,10-12H2,1H3,(H2,25,29)(H,27,28)/t23-,30+;19-,25+;2*17-,23+/m1111/s1. The van der Waals surface area contributed by atoms with Crippen LogP contribution in [-0.2, 0) is 95.2 Å². The van der Waals surface area contributed by atoms with Crippen LogP contribution >= 0.6 is 15.9 Å². The van der Waals surface area contributed by atoms with Crippen LogP contribution < -0.4 is 52.3 Å². The number of fused-ring (bicyclic) bond motifs is 4. The Bertz CT molecular complexity index is 6480. The summed E-state index contributed by atoms with van der Waals surface area (Å²) in [5.41, 5.74) is 27.2. The summed E-state index contributed by atoms with van der Waals surface area (Å²) in [6.45, 7) is 8.45. The maximum absolute atomic E-state index is 15.1. The number of para-hydroxylation sites is 4. The maximum atomic E-state index is 15.1. The van der Waals surface area contributed by atoms with E-state index in [1.807, 2.05) is 191 Å². The first-order valence-electron chi connectivity index (χ1n) is 42.8. The molecule has 133 heavy (non-hydrogen) atoms. The van der Waals surface area contributed by atoms with Crippen LogP contribution in [0.2, 0.25) is 0 Å². The molecule has 13 aromatic rings. The molecule has 4 aliphatic rings. The fourth-order valence-electron chi connectivity index (χ4n) is 17.6. The first kappa shape index (κ1) is 94.8. The molecule has 32 heteroatoms. The Morgan fingerprint density at radius 1 is 0.398 bits per heavy atom. The molecule has 0 bridgehead atoms. The molecule has 7 amide bonds. The predicted octanol–water partition coefficient (Wildman–Crippen LogP) is 14.9. The lowest BCUT2D eigenvalue weighted by Gasteiger charge is -2.21. The summed E-state index contributed by atoms with van der Waals surface area (Å²) < 4.78 is 74.0. The summed E-state index contributed by atoms with van der Waals surface area (Å²) in [4.78, 5) is 116. The normalized spacial score (nSPS) is 19.2. The van der Waals surface area contributed by atoms with Gasteiger partial charge >= 0.3 is 5.97 Å². The maximum Gasteiger partial charge on any atom is 0.313 e. The van der Waals surface area contributed by atoms with Crippen molar-refractivity contribution < 1.29 is 96.0 Å². The molecule has 0 spiro atoms. The number of pyridine rings is 4. The third-order valence-corrected chi connectivity index (χ3v) is 25.4. The Balaban J connectivity index is 0.000000143. The molecule has 28 nitrogen and oxygen atoms in total. The van der Waals surface area contributed by atoms with E-state index in [-0.39, 0.29) is 88.1 Å². The van der Waals surface area contributed by atoms with Crippen LogP contribution in [0.3, 0.4) is 0 Å². The van der Waals surface area contributed by atoms with Crippen LogP contribution in [0, 0.1) is 83.6 Å². The highest BCUT2D eigenvalue weighted by molar-refractivity contribution is 9.10. The molecule has 4 saturated carbocycles. The van der Waals surface area contributed by atoms with Crippen molar-refractivity contribution in [2.75, 3.05) is 20.7 Å². The fourth-order valence-corrected chi connectivity index (χ4v) is 18.1. The lowest BCUT2D eigenvalue weighted by atomic mass is 9.92.